The summed E-state index contributed by atoms with van der Waals surface area (Å²) in [7, 11) is 0. The van der Waals surface area contributed by atoms with Crippen molar-refractivity contribution in [2.45, 2.75) is 40.2 Å². The van der Waals surface area contributed by atoms with E-state index in [9.17, 15) is 14.4 Å². The van der Waals surface area contributed by atoms with Gasteiger partial charge >= 0.3 is 0 Å². The Labute approximate surface area is 195 Å². The number of carbonyl (C=O) groups excluding carboxylic acids is 2. The fourth-order valence-electron chi connectivity index (χ4n) is 4.07. The van der Waals surface area contributed by atoms with Gasteiger partial charge in [-0.15, -0.1) is 11.3 Å². The van der Waals surface area contributed by atoms with Crippen molar-refractivity contribution in [1.82, 2.24) is 14.5 Å². The van der Waals surface area contributed by atoms with Gasteiger partial charge in [0.15, 0.2) is 0 Å². The molecule has 1 aliphatic rings. The van der Waals surface area contributed by atoms with Crippen molar-refractivity contribution in [1.29, 1.82) is 0 Å². The Bertz CT molecular complexity index is 1270. The molecule has 0 radical (unpaired) electrons. The lowest BCUT2D eigenvalue weighted by molar-refractivity contribution is -0.133. The normalized spacial score (nSPS) is 16.4. The molecule has 1 saturated heterocycles. The highest BCUT2D eigenvalue weighted by Gasteiger charge is 2.24. The monoisotopic (exact) mass is 472 g/mol. The molecule has 2 aromatic heterocycles. The van der Waals surface area contributed by atoms with Crippen LogP contribution >= 0.6 is 22.9 Å². The molecule has 1 aromatic carbocycles. The van der Waals surface area contributed by atoms with E-state index in [-0.39, 0.29) is 23.9 Å². The zero-order valence-electron chi connectivity index (χ0n) is 18.3. The number of thiophene rings is 1. The van der Waals surface area contributed by atoms with Gasteiger partial charge in [-0.3, -0.25) is 19.0 Å². The molecule has 0 bridgehead atoms. The Morgan fingerprint density at radius 2 is 2.06 bits per heavy atom. The third-order valence-corrected chi connectivity index (χ3v) is 7.56. The molecular formula is C23H25ClN4O3S. The van der Waals surface area contributed by atoms with Gasteiger partial charge in [-0.05, 0) is 55.9 Å². The number of amides is 2. The number of nitrogens with zero attached hydrogens (tertiary/aromatic N) is 3. The zero-order chi connectivity index (χ0) is 23.0. The maximum Gasteiger partial charge on any atom is 0.266 e. The molecular weight excluding hydrogens is 448 g/mol. The van der Waals surface area contributed by atoms with Gasteiger partial charge in [0, 0.05) is 23.8 Å². The van der Waals surface area contributed by atoms with Crippen molar-refractivity contribution in [3.05, 3.63) is 55.9 Å². The number of piperidine rings is 1. The number of carbonyl (C=O) groups is 2. The standard InChI is InChI=1S/C23H25ClN4O3S/c1-13-6-5-9-27(10-13)18(29)11-28-12-25-22-19(23(28)31)15(3)20(32-22)21(30)26-17-8-4-7-16(24)14(17)2/h4,7-8,12-13H,5-6,9-11H2,1-3H3,(H,26,30)/t13-/m0/s1. The van der Waals surface area contributed by atoms with Crippen LogP contribution in [0.2, 0.25) is 5.02 Å². The minimum atomic E-state index is -0.319. The molecule has 7 nitrogen and oxygen atoms in total. The summed E-state index contributed by atoms with van der Waals surface area (Å²) >= 11 is 7.32. The van der Waals surface area contributed by atoms with Crippen LogP contribution in [0.4, 0.5) is 5.69 Å². The minimum absolute atomic E-state index is 0.0486. The van der Waals surface area contributed by atoms with E-state index in [1.807, 2.05) is 11.8 Å². The van der Waals surface area contributed by atoms with Crippen molar-refractivity contribution in [3.8, 4) is 0 Å². The van der Waals surface area contributed by atoms with Crippen LogP contribution in [0.3, 0.4) is 0 Å². The number of anilines is 1. The largest absolute Gasteiger partial charge is 0.341 e. The molecule has 0 aliphatic carbocycles. The van der Waals surface area contributed by atoms with Gasteiger partial charge in [0.05, 0.1) is 16.6 Å². The molecule has 0 spiro atoms. The molecule has 1 fully saturated rings. The first-order chi connectivity index (χ1) is 15.3. The van der Waals surface area contributed by atoms with E-state index < -0.39 is 0 Å². The lowest BCUT2D eigenvalue weighted by Gasteiger charge is -2.31. The van der Waals surface area contributed by atoms with Gasteiger partial charge in [0.1, 0.15) is 11.4 Å². The summed E-state index contributed by atoms with van der Waals surface area (Å²) in [4.78, 5) is 45.9. The third-order valence-electron chi connectivity index (χ3n) is 5.95. The maximum absolute atomic E-state index is 13.1. The topological polar surface area (TPSA) is 84.3 Å². The fraction of sp³-hybridized carbons (Fsp3) is 0.391. The number of halogens is 1. The van der Waals surface area contributed by atoms with Gasteiger partial charge < -0.3 is 10.2 Å². The maximum atomic E-state index is 13.1. The van der Waals surface area contributed by atoms with Gasteiger partial charge in [0.2, 0.25) is 5.91 Å². The van der Waals surface area contributed by atoms with Crippen LogP contribution in [0, 0.1) is 19.8 Å². The molecule has 9 heteroatoms. The van der Waals surface area contributed by atoms with Crippen molar-refractivity contribution < 1.29 is 9.59 Å². The Morgan fingerprint density at radius 1 is 1.28 bits per heavy atom. The van der Waals surface area contributed by atoms with Crippen molar-refractivity contribution in [3.63, 3.8) is 0 Å². The van der Waals surface area contributed by atoms with E-state index in [1.165, 1.54) is 22.2 Å². The molecule has 1 atom stereocenters. The van der Waals surface area contributed by atoms with E-state index in [1.54, 1.807) is 25.1 Å². The van der Waals surface area contributed by atoms with E-state index in [2.05, 4.69) is 17.2 Å². The Balaban J connectivity index is 1.61. The number of rotatable bonds is 4. The Morgan fingerprint density at radius 3 is 2.81 bits per heavy atom. The first-order valence-electron chi connectivity index (χ1n) is 10.6. The average Bonchev–Trinajstić information content (AvgIpc) is 3.10. The number of fused-ring (bicyclic) bond motifs is 1. The zero-order valence-corrected chi connectivity index (χ0v) is 19.8. The van der Waals surface area contributed by atoms with E-state index in [4.69, 9.17) is 11.6 Å². The minimum Gasteiger partial charge on any atom is -0.341 e. The molecule has 3 aromatic rings. The molecule has 3 heterocycles. The second-order valence-corrected chi connectivity index (χ2v) is 9.77. The van der Waals surface area contributed by atoms with Crippen LogP contribution in [0.25, 0.3) is 10.2 Å². The van der Waals surface area contributed by atoms with Gasteiger partial charge in [-0.2, -0.15) is 0 Å². The summed E-state index contributed by atoms with van der Waals surface area (Å²) in [5.74, 6) is 0.0654. The number of hydrogen-bond donors (Lipinski definition) is 1. The second kappa shape index (κ2) is 9.03. The number of likely N-dealkylation sites (tertiary alicyclic amines) is 1. The first-order valence-corrected chi connectivity index (χ1v) is 11.8. The smallest absolute Gasteiger partial charge is 0.266 e. The highest BCUT2D eigenvalue weighted by Crippen LogP contribution is 2.29. The first kappa shape index (κ1) is 22.5. The molecule has 2 amide bonds. The predicted molar refractivity (Wildman–Crippen MR) is 128 cm³/mol. The average molecular weight is 473 g/mol. The van der Waals surface area contributed by atoms with Gasteiger partial charge in [-0.25, -0.2) is 4.98 Å². The van der Waals surface area contributed by atoms with Crippen LogP contribution in [-0.2, 0) is 11.3 Å². The summed E-state index contributed by atoms with van der Waals surface area (Å²) in [6.45, 7) is 7.08. The van der Waals surface area contributed by atoms with Crippen LogP contribution in [-0.4, -0.2) is 39.4 Å². The second-order valence-electron chi connectivity index (χ2n) is 8.37. The van der Waals surface area contributed by atoms with E-state index in [0.717, 1.165) is 24.9 Å². The van der Waals surface area contributed by atoms with Crippen LogP contribution < -0.4 is 10.9 Å². The molecule has 0 unspecified atom stereocenters. The number of hydrogen-bond acceptors (Lipinski definition) is 5. The van der Waals surface area contributed by atoms with Gasteiger partial charge in [0.25, 0.3) is 11.5 Å². The van der Waals surface area contributed by atoms with Crippen LogP contribution in [0.15, 0.2) is 29.3 Å². The van der Waals surface area contributed by atoms with E-state index in [0.29, 0.717) is 43.8 Å². The molecule has 4 rings (SSSR count). The van der Waals surface area contributed by atoms with Crippen molar-refractivity contribution in [2.24, 2.45) is 5.92 Å². The van der Waals surface area contributed by atoms with Crippen molar-refractivity contribution >= 4 is 50.7 Å². The lowest BCUT2D eigenvalue weighted by atomic mass is 10.0. The summed E-state index contributed by atoms with van der Waals surface area (Å²) < 4.78 is 1.34. The number of benzene rings is 1. The third kappa shape index (κ3) is 4.29. The van der Waals surface area contributed by atoms with Gasteiger partial charge in [-0.1, -0.05) is 24.6 Å². The number of aryl methyl sites for hydroxylation is 1. The quantitative estimate of drug-likeness (QED) is 0.615. The fourth-order valence-corrected chi connectivity index (χ4v) is 5.28. The molecule has 1 aliphatic heterocycles. The highest BCUT2D eigenvalue weighted by atomic mass is 35.5. The Kier molecular flexibility index (Phi) is 6.35. The molecule has 0 saturated carbocycles. The molecule has 32 heavy (non-hydrogen) atoms. The summed E-state index contributed by atoms with van der Waals surface area (Å²) in [5.41, 5.74) is 1.65. The number of nitrogens with one attached hydrogen (secondary N) is 1. The highest BCUT2D eigenvalue weighted by molar-refractivity contribution is 7.20. The number of aromatic nitrogens is 2. The summed E-state index contributed by atoms with van der Waals surface area (Å²) in [6, 6.07) is 5.30. The predicted octanol–water partition coefficient (Wildman–Crippen LogP) is 4.24. The SMILES string of the molecule is Cc1c(Cl)cccc1NC(=O)c1sc2ncn(CC(=O)N3CCC[C@H](C)C3)c(=O)c2c1C. The van der Waals surface area contributed by atoms with Crippen LogP contribution in [0.1, 0.15) is 40.6 Å². The van der Waals surface area contributed by atoms with Crippen molar-refractivity contribution in [2.75, 3.05) is 18.4 Å². The molecule has 168 valence electrons. The summed E-state index contributed by atoms with van der Waals surface area (Å²) in [6.07, 6.45) is 3.49. The molecule has 1 N–H and O–H groups in total. The van der Waals surface area contributed by atoms with Crippen LogP contribution in [0.5, 0.6) is 0 Å². The van der Waals surface area contributed by atoms with E-state index >= 15 is 0 Å². The lowest BCUT2D eigenvalue weighted by Crippen LogP contribution is -2.42. The Hall–Kier alpha value is -2.71. The summed E-state index contributed by atoms with van der Waals surface area (Å²) in [5, 5.41) is 3.82.